The molecule has 0 aliphatic heterocycles. The molecule has 27 heavy (non-hydrogen) atoms. The molecule has 1 amide bonds. The van der Waals surface area contributed by atoms with E-state index in [0.717, 1.165) is 16.7 Å². The van der Waals surface area contributed by atoms with Crippen molar-refractivity contribution < 1.29 is 13.2 Å². The zero-order valence-electron chi connectivity index (χ0n) is 15.5. The highest BCUT2D eigenvalue weighted by Crippen LogP contribution is 2.27. The lowest BCUT2D eigenvalue weighted by atomic mass is 9.95. The van der Waals surface area contributed by atoms with Crippen LogP contribution in [0.25, 0.3) is 11.1 Å². The van der Waals surface area contributed by atoms with Gasteiger partial charge in [-0.05, 0) is 49.6 Å². The number of carbonyl (C=O) groups is 1. The van der Waals surface area contributed by atoms with Gasteiger partial charge in [0.2, 0.25) is 0 Å². The van der Waals surface area contributed by atoms with Crippen molar-refractivity contribution in [2.75, 3.05) is 0 Å². The lowest BCUT2D eigenvalue weighted by Crippen LogP contribution is -2.31. The molecular formula is C22H21NO3S. The standard InChI is InChI=1S/C22H21NO3S/c1-15-7-11-18(12-8-15)20-6-4-5-17(3)21(20)22(24)23-27(25,26)19-13-9-16(2)10-14-19/h4-14H,1-3H3,(H,23,24). The highest BCUT2D eigenvalue weighted by atomic mass is 32.2. The van der Waals surface area contributed by atoms with Gasteiger partial charge in [0.1, 0.15) is 0 Å². The number of rotatable bonds is 4. The Kier molecular flexibility index (Phi) is 5.15. The van der Waals surface area contributed by atoms with E-state index < -0.39 is 15.9 Å². The predicted molar refractivity (Wildman–Crippen MR) is 107 cm³/mol. The number of hydrogen-bond acceptors (Lipinski definition) is 3. The van der Waals surface area contributed by atoms with Gasteiger partial charge in [0.15, 0.2) is 0 Å². The minimum absolute atomic E-state index is 0.0620. The van der Waals surface area contributed by atoms with E-state index in [1.54, 1.807) is 25.1 Å². The van der Waals surface area contributed by atoms with Gasteiger partial charge in [-0.25, -0.2) is 13.1 Å². The summed E-state index contributed by atoms with van der Waals surface area (Å²) in [7, 11) is -3.95. The molecule has 0 radical (unpaired) electrons. The van der Waals surface area contributed by atoms with Crippen molar-refractivity contribution in [3.8, 4) is 11.1 Å². The van der Waals surface area contributed by atoms with Crippen LogP contribution in [0, 0.1) is 20.8 Å². The van der Waals surface area contributed by atoms with Crippen molar-refractivity contribution in [1.29, 1.82) is 0 Å². The smallest absolute Gasteiger partial charge is 0.265 e. The molecule has 0 spiro atoms. The molecule has 0 aliphatic rings. The lowest BCUT2D eigenvalue weighted by molar-refractivity contribution is 0.0981. The molecule has 4 nitrogen and oxygen atoms in total. The van der Waals surface area contributed by atoms with Gasteiger partial charge in [-0.2, -0.15) is 0 Å². The van der Waals surface area contributed by atoms with Crippen LogP contribution in [-0.4, -0.2) is 14.3 Å². The summed E-state index contributed by atoms with van der Waals surface area (Å²) in [6, 6.07) is 19.6. The van der Waals surface area contributed by atoms with E-state index >= 15 is 0 Å². The first-order valence-corrected chi connectivity index (χ1v) is 10.1. The second kappa shape index (κ2) is 7.37. The molecule has 0 aromatic heterocycles. The Hall–Kier alpha value is -2.92. The quantitative estimate of drug-likeness (QED) is 0.731. The van der Waals surface area contributed by atoms with Crippen LogP contribution in [0.3, 0.4) is 0 Å². The molecular weight excluding hydrogens is 358 g/mol. The normalized spacial score (nSPS) is 11.2. The second-order valence-corrected chi connectivity index (χ2v) is 8.29. The maximum atomic E-state index is 12.9. The number of nitrogens with one attached hydrogen (secondary N) is 1. The number of amides is 1. The van der Waals surface area contributed by atoms with Gasteiger partial charge in [-0.15, -0.1) is 0 Å². The Labute approximate surface area is 159 Å². The first kappa shape index (κ1) is 18.9. The highest BCUT2D eigenvalue weighted by molar-refractivity contribution is 7.90. The minimum atomic E-state index is -3.95. The fourth-order valence-corrected chi connectivity index (χ4v) is 3.85. The molecule has 0 fully saturated rings. The molecule has 5 heteroatoms. The zero-order chi connectivity index (χ0) is 19.6. The third kappa shape index (κ3) is 4.09. The average molecular weight is 379 g/mol. The molecule has 0 saturated carbocycles. The van der Waals surface area contributed by atoms with E-state index in [4.69, 9.17) is 0 Å². The summed E-state index contributed by atoms with van der Waals surface area (Å²) >= 11 is 0. The molecule has 0 atom stereocenters. The van der Waals surface area contributed by atoms with Gasteiger partial charge in [0, 0.05) is 0 Å². The molecule has 0 heterocycles. The molecule has 3 aromatic carbocycles. The summed E-state index contributed by atoms with van der Waals surface area (Å²) in [5.74, 6) is -0.635. The van der Waals surface area contributed by atoms with Crippen LogP contribution in [0.5, 0.6) is 0 Å². The van der Waals surface area contributed by atoms with Gasteiger partial charge in [0.05, 0.1) is 10.5 Å². The first-order valence-electron chi connectivity index (χ1n) is 8.58. The minimum Gasteiger partial charge on any atom is -0.268 e. The Bertz CT molecular complexity index is 1080. The third-order valence-corrected chi connectivity index (χ3v) is 5.77. The molecule has 0 aliphatic carbocycles. The first-order chi connectivity index (χ1) is 12.8. The number of benzene rings is 3. The van der Waals surface area contributed by atoms with Gasteiger partial charge in [0.25, 0.3) is 15.9 Å². The van der Waals surface area contributed by atoms with E-state index in [0.29, 0.717) is 16.7 Å². The van der Waals surface area contributed by atoms with Crippen molar-refractivity contribution in [3.05, 3.63) is 89.0 Å². The largest absolute Gasteiger partial charge is 0.268 e. The highest BCUT2D eigenvalue weighted by Gasteiger charge is 2.22. The lowest BCUT2D eigenvalue weighted by Gasteiger charge is -2.14. The SMILES string of the molecule is Cc1ccc(-c2cccc(C)c2C(=O)NS(=O)(=O)c2ccc(C)cc2)cc1. The van der Waals surface area contributed by atoms with Crippen LogP contribution in [0.1, 0.15) is 27.0 Å². The molecule has 3 rings (SSSR count). The molecule has 0 bridgehead atoms. The van der Waals surface area contributed by atoms with Crippen LogP contribution < -0.4 is 4.72 Å². The fourth-order valence-electron chi connectivity index (χ4n) is 2.89. The number of sulfonamides is 1. The van der Waals surface area contributed by atoms with Gasteiger partial charge in [-0.3, -0.25) is 4.79 Å². The van der Waals surface area contributed by atoms with E-state index in [-0.39, 0.29) is 4.90 Å². The summed E-state index contributed by atoms with van der Waals surface area (Å²) in [6.45, 7) is 5.66. The number of aryl methyl sites for hydroxylation is 3. The summed E-state index contributed by atoms with van der Waals surface area (Å²) in [4.78, 5) is 13.0. The monoisotopic (exact) mass is 379 g/mol. The summed E-state index contributed by atoms with van der Waals surface area (Å²) in [5, 5.41) is 0. The van der Waals surface area contributed by atoms with E-state index in [2.05, 4.69) is 4.72 Å². The van der Waals surface area contributed by atoms with Crippen LogP contribution in [0.4, 0.5) is 0 Å². The number of hydrogen-bond donors (Lipinski definition) is 1. The second-order valence-electron chi connectivity index (χ2n) is 6.61. The van der Waals surface area contributed by atoms with E-state index in [1.165, 1.54) is 12.1 Å². The maximum Gasteiger partial charge on any atom is 0.265 e. The van der Waals surface area contributed by atoms with Crippen molar-refractivity contribution in [3.63, 3.8) is 0 Å². The third-order valence-electron chi connectivity index (χ3n) is 4.42. The maximum absolute atomic E-state index is 12.9. The molecule has 1 N–H and O–H groups in total. The predicted octanol–water partition coefficient (Wildman–Crippen LogP) is 4.40. The Morgan fingerprint density at radius 3 is 1.93 bits per heavy atom. The molecule has 3 aromatic rings. The van der Waals surface area contributed by atoms with Crippen LogP contribution in [0.15, 0.2) is 71.6 Å². The zero-order valence-corrected chi connectivity index (χ0v) is 16.3. The molecule has 0 saturated heterocycles. The van der Waals surface area contributed by atoms with Gasteiger partial charge in [-0.1, -0.05) is 65.7 Å². The fraction of sp³-hybridized carbons (Fsp3) is 0.136. The van der Waals surface area contributed by atoms with Crippen molar-refractivity contribution in [2.24, 2.45) is 0 Å². The molecule has 0 unspecified atom stereocenters. The summed E-state index contributed by atoms with van der Waals surface area (Å²) < 4.78 is 27.4. The Balaban J connectivity index is 2.00. The number of carbonyl (C=O) groups excluding carboxylic acids is 1. The van der Waals surface area contributed by atoms with Crippen LogP contribution in [0.2, 0.25) is 0 Å². The van der Waals surface area contributed by atoms with Crippen LogP contribution >= 0.6 is 0 Å². The summed E-state index contributed by atoms with van der Waals surface area (Å²) in [5.41, 5.74) is 4.69. The average Bonchev–Trinajstić information content (AvgIpc) is 2.62. The van der Waals surface area contributed by atoms with Crippen molar-refractivity contribution in [1.82, 2.24) is 4.72 Å². The van der Waals surface area contributed by atoms with Crippen LogP contribution in [-0.2, 0) is 10.0 Å². The summed E-state index contributed by atoms with van der Waals surface area (Å²) in [6.07, 6.45) is 0. The molecule has 138 valence electrons. The Morgan fingerprint density at radius 2 is 1.33 bits per heavy atom. The van der Waals surface area contributed by atoms with Gasteiger partial charge >= 0.3 is 0 Å². The van der Waals surface area contributed by atoms with Gasteiger partial charge < -0.3 is 0 Å². The topological polar surface area (TPSA) is 63.2 Å². The van der Waals surface area contributed by atoms with E-state index in [9.17, 15) is 13.2 Å². The van der Waals surface area contributed by atoms with Crippen molar-refractivity contribution in [2.45, 2.75) is 25.7 Å². The van der Waals surface area contributed by atoms with Crippen molar-refractivity contribution >= 4 is 15.9 Å². The Morgan fingerprint density at radius 1 is 0.778 bits per heavy atom. The van der Waals surface area contributed by atoms with E-state index in [1.807, 2.05) is 50.2 Å².